The van der Waals surface area contributed by atoms with Crippen molar-refractivity contribution in [3.05, 3.63) is 47.8 Å². The molecule has 0 saturated heterocycles. The van der Waals surface area contributed by atoms with Crippen LogP contribution in [0.5, 0.6) is 0 Å². The Kier molecular flexibility index (Phi) is 3.16. The summed E-state index contributed by atoms with van der Waals surface area (Å²) >= 11 is 0. The number of carbonyl (C=O) groups excluding carboxylic acids is 1. The Balaban J connectivity index is 1.98. The van der Waals surface area contributed by atoms with Crippen LogP contribution in [0.1, 0.15) is 26.3 Å². The summed E-state index contributed by atoms with van der Waals surface area (Å²) in [7, 11) is 0. The van der Waals surface area contributed by atoms with E-state index < -0.39 is 5.54 Å². The monoisotopic (exact) mass is 281 g/mol. The maximum absolute atomic E-state index is 13.1. The summed E-state index contributed by atoms with van der Waals surface area (Å²) in [6.07, 6.45) is 7.62. The largest absolute Gasteiger partial charge is 0.329 e. The molecule has 0 fully saturated rings. The van der Waals surface area contributed by atoms with Crippen molar-refractivity contribution in [3.63, 3.8) is 0 Å². The number of hydrogen-bond donors (Lipinski definition) is 0. The number of aliphatic imine (C=N–C) groups is 1. The van der Waals surface area contributed by atoms with Crippen LogP contribution in [0.25, 0.3) is 6.08 Å². The maximum Gasteiger partial charge on any atom is 0.329 e. The number of anilines is 1. The highest BCUT2D eigenvalue weighted by atomic mass is 16.2. The van der Waals surface area contributed by atoms with Crippen LogP contribution in [0.4, 0.5) is 10.5 Å². The van der Waals surface area contributed by atoms with Gasteiger partial charge in [0.2, 0.25) is 0 Å². The molecule has 1 aromatic carbocycles. The molecule has 0 radical (unpaired) electrons. The molecular weight excluding hydrogens is 262 g/mol. The van der Waals surface area contributed by atoms with Gasteiger partial charge in [0.1, 0.15) is 0 Å². The molecule has 0 bridgehead atoms. The first-order valence-corrected chi connectivity index (χ1v) is 7.09. The second kappa shape index (κ2) is 4.88. The predicted molar refractivity (Wildman–Crippen MR) is 86.4 cm³/mol. The van der Waals surface area contributed by atoms with Crippen molar-refractivity contribution in [2.24, 2.45) is 4.99 Å². The highest BCUT2D eigenvalue weighted by molar-refractivity contribution is 5.99. The number of allylic oxidation sites excluding steroid dienone is 1. The summed E-state index contributed by atoms with van der Waals surface area (Å²) in [4.78, 5) is 20.9. The van der Waals surface area contributed by atoms with Gasteiger partial charge < -0.3 is 0 Å². The fourth-order valence-electron chi connectivity index (χ4n) is 2.85. The third-order valence-corrected chi connectivity index (χ3v) is 3.82. The van der Waals surface area contributed by atoms with Crippen molar-refractivity contribution in [3.8, 4) is 0 Å². The van der Waals surface area contributed by atoms with Gasteiger partial charge in [-0.3, -0.25) is 14.8 Å². The quantitative estimate of drug-likeness (QED) is 0.714. The number of amides is 2. The van der Waals surface area contributed by atoms with Crippen molar-refractivity contribution in [2.45, 2.75) is 26.3 Å². The van der Waals surface area contributed by atoms with Gasteiger partial charge in [0.25, 0.3) is 0 Å². The van der Waals surface area contributed by atoms with Gasteiger partial charge in [0.05, 0.1) is 11.2 Å². The van der Waals surface area contributed by atoms with Crippen molar-refractivity contribution >= 4 is 24.0 Å². The van der Waals surface area contributed by atoms with Gasteiger partial charge in [0.15, 0.2) is 0 Å². The summed E-state index contributed by atoms with van der Waals surface area (Å²) in [6.45, 7) is 6.50. The number of carbonyl (C=O) groups is 1. The smallest absolute Gasteiger partial charge is 0.290 e. The molecule has 4 heteroatoms. The van der Waals surface area contributed by atoms with Crippen LogP contribution in [-0.2, 0) is 0 Å². The Labute approximate surface area is 125 Å². The number of rotatable bonds is 0. The molecule has 21 heavy (non-hydrogen) atoms. The molecule has 0 N–H and O–H groups in total. The summed E-state index contributed by atoms with van der Waals surface area (Å²) in [6, 6.07) is 7.94. The number of nitrogens with zero attached hydrogens (tertiary/aromatic N) is 3. The van der Waals surface area contributed by atoms with Crippen LogP contribution >= 0.6 is 0 Å². The van der Waals surface area contributed by atoms with Gasteiger partial charge in [-0.1, -0.05) is 30.4 Å². The van der Waals surface area contributed by atoms with Crippen LogP contribution < -0.4 is 4.90 Å². The van der Waals surface area contributed by atoms with Gasteiger partial charge in [-0.15, -0.1) is 0 Å². The van der Waals surface area contributed by atoms with Gasteiger partial charge in [-0.05, 0) is 32.4 Å². The number of urea groups is 1. The van der Waals surface area contributed by atoms with Crippen LogP contribution in [0.2, 0.25) is 0 Å². The minimum Gasteiger partial charge on any atom is -0.290 e. The third kappa shape index (κ3) is 2.27. The van der Waals surface area contributed by atoms with Gasteiger partial charge in [-0.25, -0.2) is 4.79 Å². The van der Waals surface area contributed by atoms with Crippen LogP contribution in [0.15, 0.2) is 47.2 Å². The minimum atomic E-state index is -0.425. The lowest BCUT2D eigenvalue weighted by Gasteiger charge is -2.41. The topological polar surface area (TPSA) is 35.9 Å². The summed E-state index contributed by atoms with van der Waals surface area (Å²) in [5.41, 5.74) is 2.46. The van der Waals surface area contributed by atoms with E-state index in [2.05, 4.69) is 11.1 Å². The van der Waals surface area contributed by atoms with Crippen LogP contribution in [-0.4, -0.2) is 29.2 Å². The van der Waals surface area contributed by atoms with Crippen LogP contribution in [0, 0.1) is 0 Å². The molecule has 0 saturated carbocycles. The van der Waals surface area contributed by atoms with Crippen molar-refractivity contribution in [1.82, 2.24) is 4.90 Å². The summed E-state index contributed by atoms with van der Waals surface area (Å²) in [5.74, 6) is 0. The van der Waals surface area contributed by atoms with Gasteiger partial charge >= 0.3 is 6.03 Å². The lowest BCUT2D eigenvalue weighted by atomic mass is 10.0. The van der Waals surface area contributed by atoms with E-state index in [4.69, 9.17) is 0 Å². The molecule has 2 amide bonds. The zero-order valence-corrected chi connectivity index (χ0v) is 12.6. The Hall–Kier alpha value is -2.36. The number of benzene rings is 1. The average molecular weight is 281 g/mol. The third-order valence-electron chi connectivity index (χ3n) is 3.82. The zero-order chi connectivity index (χ0) is 15.0. The lowest BCUT2D eigenvalue weighted by molar-refractivity contribution is 0.194. The highest BCUT2D eigenvalue weighted by Gasteiger charge is 2.36. The van der Waals surface area contributed by atoms with Gasteiger partial charge in [0, 0.05) is 24.7 Å². The van der Waals surface area contributed by atoms with Crippen molar-refractivity contribution in [2.75, 3.05) is 11.4 Å². The first kappa shape index (κ1) is 13.6. The molecule has 108 valence electrons. The fourth-order valence-corrected chi connectivity index (χ4v) is 2.85. The fraction of sp³-hybridized carbons (Fsp3) is 0.294. The molecule has 0 spiro atoms. The first-order valence-electron chi connectivity index (χ1n) is 7.09. The summed E-state index contributed by atoms with van der Waals surface area (Å²) in [5, 5.41) is 0. The number of hydrogen-bond acceptors (Lipinski definition) is 2. The lowest BCUT2D eigenvalue weighted by Crippen LogP contribution is -2.54. The molecule has 0 atom stereocenters. The second-order valence-corrected chi connectivity index (χ2v) is 5.89. The SMILES string of the molecule is CC1=CN=CC(C)(C)N1C(=O)N1CC=Cc2ccccc21. The molecule has 4 nitrogen and oxygen atoms in total. The van der Waals surface area contributed by atoms with E-state index in [1.807, 2.05) is 62.2 Å². The highest BCUT2D eigenvalue weighted by Crippen LogP contribution is 2.30. The van der Waals surface area contributed by atoms with E-state index in [1.54, 1.807) is 11.1 Å². The van der Waals surface area contributed by atoms with Crippen molar-refractivity contribution < 1.29 is 4.79 Å². The van der Waals surface area contributed by atoms with Crippen molar-refractivity contribution in [1.29, 1.82) is 0 Å². The second-order valence-electron chi connectivity index (χ2n) is 5.89. The van der Waals surface area contributed by atoms with E-state index in [1.165, 1.54) is 0 Å². The summed E-state index contributed by atoms with van der Waals surface area (Å²) < 4.78 is 0. The molecular formula is C17H19N3O. The molecule has 2 aliphatic heterocycles. The maximum atomic E-state index is 13.1. The van der Waals surface area contributed by atoms with Gasteiger partial charge in [-0.2, -0.15) is 0 Å². The number of para-hydroxylation sites is 1. The van der Waals surface area contributed by atoms with E-state index in [-0.39, 0.29) is 6.03 Å². The number of fused-ring (bicyclic) bond motifs is 1. The van der Waals surface area contributed by atoms with E-state index in [0.29, 0.717) is 6.54 Å². The Morgan fingerprint density at radius 3 is 2.81 bits per heavy atom. The molecule has 0 unspecified atom stereocenters. The van der Waals surface area contributed by atoms with E-state index in [9.17, 15) is 4.79 Å². The zero-order valence-electron chi connectivity index (χ0n) is 12.6. The average Bonchev–Trinajstić information content (AvgIpc) is 2.45. The molecule has 1 aromatic rings. The van der Waals surface area contributed by atoms with Crippen LogP contribution in [0.3, 0.4) is 0 Å². The minimum absolute atomic E-state index is 0.0169. The van der Waals surface area contributed by atoms with E-state index in [0.717, 1.165) is 16.9 Å². The molecule has 0 aromatic heterocycles. The standard InChI is InChI=1S/C17H19N3O/c1-13-11-18-12-17(2,3)20(13)16(21)19-10-6-8-14-7-4-5-9-15(14)19/h4-9,11-12H,10H2,1-3H3. The Bertz CT molecular complexity index is 670. The normalized spacial score (nSPS) is 19.3. The Morgan fingerprint density at radius 1 is 1.29 bits per heavy atom. The molecule has 2 aliphatic rings. The molecule has 0 aliphatic carbocycles. The molecule has 2 heterocycles. The first-order chi connectivity index (χ1) is 10.0. The molecule has 3 rings (SSSR count). The van der Waals surface area contributed by atoms with E-state index >= 15 is 0 Å². The predicted octanol–water partition coefficient (Wildman–Crippen LogP) is 3.67. The Morgan fingerprint density at radius 2 is 2.05 bits per heavy atom.